The quantitative estimate of drug-likeness (QED) is 0.390. The molecule has 0 amide bonds. The Morgan fingerprint density at radius 2 is 1.73 bits per heavy atom. The zero-order valence-electron chi connectivity index (χ0n) is 18.1. The fraction of sp³-hybridized carbons (Fsp3) is 0.115. The van der Waals surface area contributed by atoms with Crippen LogP contribution in [0.25, 0.3) is 32.9 Å². The highest BCUT2D eigenvalue weighted by Gasteiger charge is 2.26. The van der Waals surface area contributed by atoms with Crippen molar-refractivity contribution in [1.29, 1.82) is 0 Å². The monoisotopic (exact) mass is 439 g/mol. The highest BCUT2D eigenvalue weighted by atomic mass is 16.4. The Kier molecular flexibility index (Phi) is 4.74. The predicted octanol–water partition coefficient (Wildman–Crippen LogP) is 4.20. The number of fused-ring (bicyclic) bond motifs is 2. The summed E-state index contributed by atoms with van der Waals surface area (Å²) in [5, 5.41) is 11.8. The molecule has 0 spiro atoms. The summed E-state index contributed by atoms with van der Waals surface area (Å²) >= 11 is 0. The standard InChI is InChI=1S/C26H21N3O4/c1-14-10-19-21(11-15(14)2)29(13-16-12-22(30)28-20-8-4-3-6-17(16)20)24(26(32)33)23(19)18-7-5-9-27-25(18)31/h3-12H,13H2,1-2H3,(H,27,31)(H,28,30)(H,32,33). The molecule has 0 atom stereocenters. The number of para-hydroxylation sites is 1. The zero-order valence-corrected chi connectivity index (χ0v) is 18.1. The summed E-state index contributed by atoms with van der Waals surface area (Å²) in [5.41, 5.74) is 4.11. The van der Waals surface area contributed by atoms with Crippen LogP contribution in [0.15, 0.2) is 70.4 Å². The number of hydrogen-bond acceptors (Lipinski definition) is 3. The molecular formula is C26H21N3O4. The molecule has 0 bridgehead atoms. The van der Waals surface area contributed by atoms with E-state index in [2.05, 4.69) is 9.97 Å². The number of nitrogens with zero attached hydrogens (tertiary/aromatic N) is 1. The molecule has 7 nitrogen and oxygen atoms in total. The van der Waals surface area contributed by atoms with Crippen molar-refractivity contribution in [2.45, 2.75) is 20.4 Å². The summed E-state index contributed by atoms with van der Waals surface area (Å²) < 4.78 is 1.69. The molecule has 2 aromatic carbocycles. The van der Waals surface area contributed by atoms with Crippen LogP contribution in [0.4, 0.5) is 0 Å². The van der Waals surface area contributed by atoms with Gasteiger partial charge in [0.1, 0.15) is 5.69 Å². The summed E-state index contributed by atoms with van der Waals surface area (Å²) in [6, 6.07) is 16.1. The highest BCUT2D eigenvalue weighted by Crippen LogP contribution is 2.36. The number of aromatic carboxylic acids is 1. The van der Waals surface area contributed by atoms with Gasteiger partial charge in [-0.3, -0.25) is 9.59 Å². The van der Waals surface area contributed by atoms with Gasteiger partial charge in [0.25, 0.3) is 5.56 Å². The molecule has 0 aliphatic carbocycles. The van der Waals surface area contributed by atoms with Crippen LogP contribution in [0, 0.1) is 13.8 Å². The second kappa shape index (κ2) is 7.63. The number of pyridine rings is 2. The molecular weight excluding hydrogens is 418 g/mol. The van der Waals surface area contributed by atoms with Gasteiger partial charge in [-0.2, -0.15) is 0 Å². The first-order valence-corrected chi connectivity index (χ1v) is 10.5. The second-order valence-corrected chi connectivity index (χ2v) is 8.19. The Labute approximate surface area is 188 Å². The van der Waals surface area contributed by atoms with Crippen molar-refractivity contribution < 1.29 is 9.90 Å². The number of hydrogen-bond donors (Lipinski definition) is 3. The molecule has 0 aliphatic rings. The number of rotatable bonds is 4. The normalized spacial score (nSPS) is 11.3. The van der Waals surface area contributed by atoms with Gasteiger partial charge < -0.3 is 19.6 Å². The fourth-order valence-corrected chi connectivity index (χ4v) is 4.46. The number of aryl methyl sites for hydroxylation is 2. The Balaban J connectivity index is 1.89. The molecule has 5 rings (SSSR count). The Bertz CT molecular complexity index is 1690. The van der Waals surface area contributed by atoms with Crippen LogP contribution in [-0.4, -0.2) is 25.6 Å². The van der Waals surface area contributed by atoms with Crippen LogP contribution in [0.1, 0.15) is 27.2 Å². The lowest BCUT2D eigenvalue weighted by molar-refractivity contribution is 0.0687. The number of carboxylic acid groups (broad SMARTS) is 1. The smallest absolute Gasteiger partial charge is 0.353 e. The molecule has 0 radical (unpaired) electrons. The van der Waals surface area contributed by atoms with E-state index in [9.17, 15) is 19.5 Å². The molecule has 0 unspecified atom stereocenters. The van der Waals surface area contributed by atoms with Crippen LogP contribution in [-0.2, 0) is 6.54 Å². The fourth-order valence-electron chi connectivity index (χ4n) is 4.46. The Hall–Kier alpha value is -4.39. The van der Waals surface area contributed by atoms with E-state index in [4.69, 9.17) is 0 Å². The van der Waals surface area contributed by atoms with Gasteiger partial charge in [-0.05, 0) is 60.9 Å². The third-order valence-electron chi connectivity index (χ3n) is 6.13. The zero-order chi connectivity index (χ0) is 23.3. The van der Waals surface area contributed by atoms with Gasteiger partial charge in [-0.1, -0.05) is 18.2 Å². The van der Waals surface area contributed by atoms with E-state index in [1.807, 2.05) is 50.2 Å². The first-order chi connectivity index (χ1) is 15.8. The largest absolute Gasteiger partial charge is 0.477 e. The van der Waals surface area contributed by atoms with E-state index in [0.717, 1.165) is 16.5 Å². The van der Waals surface area contributed by atoms with E-state index < -0.39 is 5.97 Å². The van der Waals surface area contributed by atoms with Crippen LogP contribution in [0.5, 0.6) is 0 Å². The maximum absolute atomic E-state index is 12.7. The average Bonchev–Trinajstić information content (AvgIpc) is 3.07. The minimum atomic E-state index is -1.14. The van der Waals surface area contributed by atoms with Crippen molar-refractivity contribution in [3.8, 4) is 11.1 Å². The Morgan fingerprint density at radius 3 is 2.48 bits per heavy atom. The summed E-state index contributed by atoms with van der Waals surface area (Å²) in [4.78, 5) is 43.0. The number of benzene rings is 2. The highest BCUT2D eigenvalue weighted by molar-refractivity contribution is 6.08. The minimum absolute atomic E-state index is 0.0102. The van der Waals surface area contributed by atoms with E-state index in [0.29, 0.717) is 27.5 Å². The number of H-pyrrole nitrogens is 2. The molecule has 0 fully saturated rings. The molecule has 164 valence electrons. The molecule has 3 heterocycles. The minimum Gasteiger partial charge on any atom is -0.477 e. The third kappa shape index (κ3) is 3.34. The SMILES string of the molecule is Cc1cc2c(-c3ccc[nH]c3=O)c(C(=O)O)n(Cc3cc(=O)[nH]c4ccccc34)c2cc1C. The second-order valence-electron chi connectivity index (χ2n) is 8.19. The van der Waals surface area contributed by atoms with Crippen LogP contribution >= 0.6 is 0 Å². The summed E-state index contributed by atoms with van der Waals surface area (Å²) in [7, 11) is 0. The van der Waals surface area contributed by atoms with Gasteiger partial charge in [0.2, 0.25) is 5.56 Å². The first kappa shape index (κ1) is 20.5. The summed E-state index contributed by atoms with van der Waals surface area (Å²) in [5.74, 6) is -1.14. The van der Waals surface area contributed by atoms with Gasteiger partial charge in [0.05, 0.1) is 0 Å². The van der Waals surface area contributed by atoms with Gasteiger partial charge in [0, 0.05) is 51.7 Å². The maximum Gasteiger partial charge on any atom is 0.353 e. The van der Waals surface area contributed by atoms with Crippen molar-refractivity contribution in [3.05, 3.63) is 104 Å². The lowest BCUT2D eigenvalue weighted by Gasteiger charge is -2.12. The molecule has 5 aromatic rings. The van der Waals surface area contributed by atoms with Crippen molar-refractivity contribution in [1.82, 2.24) is 14.5 Å². The van der Waals surface area contributed by atoms with Gasteiger partial charge in [-0.15, -0.1) is 0 Å². The predicted molar refractivity (Wildman–Crippen MR) is 128 cm³/mol. The van der Waals surface area contributed by atoms with Crippen LogP contribution < -0.4 is 11.1 Å². The van der Waals surface area contributed by atoms with E-state index >= 15 is 0 Å². The molecule has 7 heteroatoms. The number of aromatic amines is 2. The number of carboxylic acids is 1. The summed E-state index contributed by atoms with van der Waals surface area (Å²) in [6.45, 7) is 4.08. The van der Waals surface area contributed by atoms with E-state index in [1.165, 1.54) is 12.3 Å². The summed E-state index contributed by atoms with van der Waals surface area (Å²) in [6.07, 6.45) is 1.52. The maximum atomic E-state index is 12.7. The lowest BCUT2D eigenvalue weighted by Crippen LogP contribution is -2.15. The van der Waals surface area contributed by atoms with Crippen molar-refractivity contribution in [2.75, 3.05) is 0 Å². The number of nitrogens with one attached hydrogen (secondary N) is 2. The average molecular weight is 439 g/mol. The van der Waals surface area contributed by atoms with E-state index in [1.54, 1.807) is 16.7 Å². The topological polar surface area (TPSA) is 108 Å². The molecule has 33 heavy (non-hydrogen) atoms. The van der Waals surface area contributed by atoms with Crippen LogP contribution in [0.2, 0.25) is 0 Å². The van der Waals surface area contributed by atoms with Gasteiger partial charge in [-0.25, -0.2) is 4.79 Å². The third-order valence-corrected chi connectivity index (χ3v) is 6.13. The van der Waals surface area contributed by atoms with Crippen LogP contribution in [0.3, 0.4) is 0 Å². The van der Waals surface area contributed by atoms with Gasteiger partial charge in [0.15, 0.2) is 0 Å². The lowest BCUT2D eigenvalue weighted by atomic mass is 10.00. The first-order valence-electron chi connectivity index (χ1n) is 10.5. The van der Waals surface area contributed by atoms with Gasteiger partial charge >= 0.3 is 5.97 Å². The van der Waals surface area contributed by atoms with Crippen molar-refractivity contribution in [2.24, 2.45) is 0 Å². The molecule has 0 saturated heterocycles. The Morgan fingerprint density at radius 1 is 0.970 bits per heavy atom. The number of aromatic nitrogens is 3. The molecule has 3 N–H and O–H groups in total. The molecule has 3 aromatic heterocycles. The molecule has 0 saturated carbocycles. The number of carbonyl (C=O) groups is 1. The van der Waals surface area contributed by atoms with E-state index in [-0.39, 0.29) is 28.9 Å². The van der Waals surface area contributed by atoms with Crippen molar-refractivity contribution in [3.63, 3.8) is 0 Å². The molecule has 0 aliphatic heterocycles. The van der Waals surface area contributed by atoms with Crippen molar-refractivity contribution >= 4 is 27.8 Å².